The molecule has 7 heteroatoms. The Morgan fingerprint density at radius 3 is 2.39 bits per heavy atom. The SMILES string of the molecule is CC1(C)CN2CCC[C@H]2[C@H]([N+](=O)[O-])[C@H]1c1ccc([N+](=O)[O-])cc1. The predicted molar refractivity (Wildman–Crippen MR) is 85.0 cm³/mol. The third-order valence-electron chi connectivity index (χ3n) is 5.31. The fourth-order valence-electron chi connectivity index (χ4n) is 4.46. The molecule has 0 unspecified atom stereocenters. The summed E-state index contributed by atoms with van der Waals surface area (Å²) in [5, 5.41) is 22.6. The molecule has 0 aromatic heterocycles. The smallest absolute Gasteiger partial charge is 0.269 e. The van der Waals surface area contributed by atoms with Crippen LogP contribution in [0, 0.1) is 25.6 Å². The number of rotatable bonds is 3. The Morgan fingerprint density at radius 2 is 1.83 bits per heavy atom. The molecule has 2 heterocycles. The van der Waals surface area contributed by atoms with Crippen molar-refractivity contribution in [3.8, 4) is 0 Å². The third kappa shape index (κ3) is 2.69. The van der Waals surface area contributed by atoms with Crippen molar-refractivity contribution >= 4 is 5.69 Å². The standard InChI is InChI=1S/C16H21N3O4/c1-16(2)10-17-9-3-4-13(17)15(19(22)23)14(16)11-5-7-12(8-6-11)18(20)21/h5-8,13-15H,3-4,9-10H2,1-2H3/t13-,14+,15-/m0/s1. The molecule has 2 saturated heterocycles. The van der Waals surface area contributed by atoms with E-state index in [1.807, 2.05) is 0 Å². The van der Waals surface area contributed by atoms with Crippen molar-refractivity contribution in [2.24, 2.45) is 5.41 Å². The topological polar surface area (TPSA) is 89.5 Å². The molecule has 1 aromatic carbocycles. The van der Waals surface area contributed by atoms with Crippen LogP contribution in [0.1, 0.15) is 38.2 Å². The van der Waals surface area contributed by atoms with Crippen molar-refractivity contribution in [3.63, 3.8) is 0 Å². The van der Waals surface area contributed by atoms with Crippen LogP contribution in [0.15, 0.2) is 24.3 Å². The second-order valence-electron chi connectivity index (χ2n) is 7.27. The minimum atomic E-state index is -0.664. The van der Waals surface area contributed by atoms with E-state index in [2.05, 4.69) is 18.7 Å². The van der Waals surface area contributed by atoms with Crippen molar-refractivity contribution in [3.05, 3.63) is 50.1 Å². The van der Waals surface area contributed by atoms with E-state index in [0.29, 0.717) is 0 Å². The highest BCUT2D eigenvalue weighted by Gasteiger charge is 2.55. The number of nitro benzene ring substituents is 1. The first-order valence-electron chi connectivity index (χ1n) is 7.93. The van der Waals surface area contributed by atoms with Gasteiger partial charge in [-0.2, -0.15) is 0 Å². The van der Waals surface area contributed by atoms with Crippen molar-refractivity contribution in [2.75, 3.05) is 13.1 Å². The fourth-order valence-corrected chi connectivity index (χ4v) is 4.46. The molecule has 124 valence electrons. The number of hydrogen-bond acceptors (Lipinski definition) is 5. The van der Waals surface area contributed by atoms with Gasteiger partial charge in [0.2, 0.25) is 6.04 Å². The molecule has 1 aromatic rings. The summed E-state index contributed by atoms with van der Waals surface area (Å²) in [6.07, 6.45) is 1.85. The van der Waals surface area contributed by atoms with E-state index in [1.165, 1.54) is 12.1 Å². The van der Waals surface area contributed by atoms with Gasteiger partial charge < -0.3 is 0 Å². The van der Waals surface area contributed by atoms with Crippen LogP contribution in [0.5, 0.6) is 0 Å². The molecule has 3 rings (SSSR count). The molecule has 0 spiro atoms. The molecular formula is C16H21N3O4. The van der Waals surface area contributed by atoms with Gasteiger partial charge in [0.05, 0.1) is 16.9 Å². The van der Waals surface area contributed by atoms with Crippen molar-refractivity contribution in [1.29, 1.82) is 0 Å². The Hall–Kier alpha value is -2.02. The van der Waals surface area contributed by atoms with E-state index in [1.54, 1.807) is 12.1 Å². The first-order chi connectivity index (χ1) is 10.8. The average Bonchev–Trinajstić information content (AvgIpc) is 2.91. The molecule has 0 N–H and O–H groups in total. The summed E-state index contributed by atoms with van der Waals surface area (Å²) >= 11 is 0. The van der Waals surface area contributed by atoms with Crippen LogP contribution in [-0.4, -0.2) is 39.9 Å². The van der Waals surface area contributed by atoms with E-state index in [4.69, 9.17) is 0 Å². The molecule has 3 atom stereocenters. The maximum atomic E-state index is 11.8. The van der Waals surface area contributed by atoms with Gasteiger partial charge in [0.15, 0.2) is 0 Å². The van der Waals surface area contributed by atoms with Crippen LogP contribution in [0.3, 0.4) is 0 Å². The molecule has 2 fully saturated rings. The molecule has 0 radical (unpaired) electrons. The predicted octanol–water partition coefficient (Wildman–Crippen LogP) is 2.83. The van der Waals surface area contributed by atoms with Crippen LogP contribution < -0.4 is 0 Å². The zero-order valence-electron chi connectivity index (χ0n) is 13.3. The lowest BCUT2D eigenvalue weighted by Crippen LogP contribution is -2.58. The summed E-state index contributed by atoms with van der Waals surface area (Å²) in [7, 11) is 0. The summed E-state index contributed by atoms with van der Waals surface area (Å²) in [6.45, 7) is 5.86. The lowest BCUT2D eigenvalue weighted by atomic mass is 9.66. The van der Waals surface area contributed by atoms with Crippen LogP contribution in [0.25, 0.3) is 0 Å². The Morgan fingerprint density at radius 1 is 1.17 bits per heavy atom. The average molecular weight is 319 g/mol. The molecule has 0 bridgehead atoms. The summed E-state index contributed by atoms with van der Waals surface area (Å²) in [5.74, 6) is -0.238. The van der Waals surface area contributed by atoms with Gasteiger partial charge in [-0.3, -0.25) is 25.1 Å². The Bertz CT molecular complexity index is 629. The highest BCUT2D eigenvalue weighted by molar-refractivity contribution is 5.36. The van der Waals surface area contributed by atoms with Crippen LogP contribution >= 0.6 is 0 Å². The minimum Gasteiger partial charge on any atom is -0.293 e. The molecular weight excluding hydrogens is 298 g/mol. The first-order valence-corrected chi connectivity index (χ1v) is 7.93. The van der Waals surface area contributed by atoms with Gasteiger partial charge >= 0.3 is 0 Å². The number of benzene rings is 1. The summed E-state index contributed by atoms with van der Waals surface area (Å²) in [5.41, 5.74) is 0.589. The zero-order valence-corrected chi connectivity index (χ0v) is 13.3. The fraction of sp³-hybridized carbons (Fsp3) is 0.625. The van der Waals surface area contributed by atoms with Crippen LogP contribution in [0.2, 0.25) is 0 Å². The van der Waals surface area contributed by atoms with Gasteiger partial charge in [0.25, 0.3) is 5.69 Å². The Labute approximate surface area is 134 Å². The van der Waals surface area contributed by atoms with E-state index >= 15 is 0 Å². The minimum absolute atomic E-state index is 0.0162. The number of hydrogen-bond donors (Lipinski definition) is 0. The van der Waals surface area contributed by atoms with Crippen molar-refractivity contribution < 1.29 is 9.85 Å². The van der Waals surface area contributed by atoms with Crippen molar-refractivity contribution in [1.82, 2.24) is 4.90 Å². The third-order valence-corrected chi connectivity index (χ3v) is 5.31. The molecule has 2 aliphatic heterocycles. The second kappa shape index (κ2) is 5.56. The molecule has 0 amide bonds. The summed E-state index contributed by atoms with van der Waals surface area (Å²) < 4.78 is 0. The van der Waals surface area contributed by atoms with Crippen LogP contribution in [0.4, 0.5) is 5.69 Å². The second-order valence-corrected chi connectivity index (χ2v) is 7.27. The lowest BCUT2D eigenvalue weighted by molar-refractivity contribution is -0.541. The Balaban J connectivity index is 2.02. The Kier molecular flexibility index (Phi) is 3.83. The number of fused-ring (bicyclic) bond motifs is 1. The van der Waals surface area contributed by atoms with E-state index in [9.17, 15) is 20.2 Å². The quantitative estimate of drug-likeness (QED) is 0.631. The van der Waals surface area contributed by atoms with Gasteiger partial charge in [-0.15, -0.1) is 0 Å². The highest BCUT2D eigenvalue weighted by atomic mass is 16.6. The van der Waals surface area contributed by atoms with E-state index in [0.717, 1.165) is 31.5 Å². The van der Waals surface area contributed by atoms with Gasteiger partial charge in [0.1, 0.15) is 0 Å². The van der Waals surface area contributed by atoms with Gasteiger partial charge in [0, 0.05) is 23.6 Å². The number of non-ortho nitro benzene ring substituents is 1. The molecule has 0 saturated carbocycles. The van der Waals surface area contributed by atoms with Gasteiger partial charge in [-0.05, 0) is 30.4 Å². The molecule has 0 aliphatic carbocycles. The van der Waals surface area contributed by atoms with E-state index in [-0.39, 0.29) is 28.0 Å². The molecule has 23 heavy (non-hydrogen) atoms. The van der Waals surface area contributed by atoms with Gasteiger partial charge in [-0.25, -0.2) is 0 Å². The van der Waals surface area contributed by atoms with Gasteiger partial charge in [-0.1, -0.05) is 26.0 Å². The number of nitro groups is 2. The monoisotopic (exact) mass is 319 g/mol. The summed E-state index contributed by atoms with van der Waals surface area (Å²) in [6, 6.07) is 5.57. The van der Waals surface area contributed by atoms with E-state index < -0.39 is 11.0 Å². The van der Waals surface area contributed by atoms with Crippen LogP contribution in [-0.2, 0) is 0 Å². The maximum absolute atomic E-state index is 11.8. The number of piperidine rings is 1. The molecule has 2 aliphatic rings. The number of nitrogens with zero attached hydrogens (tertiary/aromatic N) is 3. The zero-order chi connectivity index (χ0) is 16.8. The highest BCUT2D eigenvalue weighted by Crippen LogP contribution is 2.48. The summed E-state index contributed by atoms with van der Waals surface area (Å²) in [4.78, 5) is 24.3. The lowest BCUT2D eigenvalue weighted by Gasteiger charge is -2.47. The maximum Gasteiger partial charge on any atom is 0.269 e. The normalized spacial score (nSPS) is 29.9. The van der Waals surface area contributed by atoms with Crippen molar-refractivity contribution in [2.45, 2.75) is 44.7 Å². The molecule has 7 nitrogen and oxygen atoms in total. The first kappa shape index (κ1) is 15.9. The largest absolute Gasteiger partial charge is 0.293 e.